The molecule has 5 heterocycles. The molecule has 11 heteroatoms. The van der Waals surface area contributed by atoms with Crippen LogP contribution >= 0.6 is 11.5 Å². The van der Waals surface area contributed by atoms with Gasteiger partial charge >= 0.3 is 6.03 Å². The lowest BCUT2D eigenvalue weighted by atomic mass is 9.83. The van der Waals surface area contributed by atoms with Gasteiger partial charge in [-0.05, 0) is 31.2 Å². The molecular formula is C20H24N6O4S. The highest BCUT2D eigenvalue weighted by Gasteiger charge is 2.36. The summed E-state index contributed by atoms with van der Waals surface area (Å²) in [6, 6.07) is 5.04. The van der Waals surface area contributed by atoms with Gasteiger partial charge in [-0.15, -0.1) is 5.10 Å². The normalized spacial score (nSPS) is 24.5. The SMILES string of the molecule is O=C(NC[C@@H]1CCCO1)c1nnsc1NC(=O)N1C[C@H]2C[C@@H](C1)c1cccc(=O)n1C2. The number of amides is 3. The zero-order chi connectivity index (χ0) is 21.4. The maximum Gasteiger partial charge on any atom is 0.322 e. The standard InChI is InChI=1S/C20H24N6O4S/c27-16-5-1-4-15-13-7-12(10-26(15)16)9-25(11-13)20(29)22-19-17(23-24-31-19)18(28)21-8-14-3-2-6-30-14/h1,4-5,12-14H,2-3,6-11H2,(H,21,28)(H,22,29)/t12-,13+,14+/m1/s1. The van der Waals surface area contributed by atoms with Crippen LogP contribution in [0.2, 0.25) is 0 Å². The van der Waals surface area contributed by atoms with E-state index in [1.54, 1.807) is 17.0 Å². The lowest BCUT2D eigenvalue weighted by Gasteiger charge is -2.42. The number of urea groups is 1. The van der Waals surface area contributed by atoms with Gasteiger partial charge in [0.1, 0.15) is 0 Å². The fraction of sp³-hybridized carbons (Fsp3) is 0.550. The van der Waals surface area contributed by atoms with E-state index in [0.29, 0.717) is 31.2 Å². The Labute approximate surface area is 182 Å². The molecule has 3 aliphatic heterocycles. The smallest absolute Gasteiger partial charge is 0.322 e. The van der Waals surface area contributed by atoms with Gasteiger partial charge in [0.05, 0.1) is 6.10 Å². The van der Waals surface area contributed by atoms with E-state index in [4.69, 9.17) is 4.74 Å². The summed E-state index contributed by atoms with van der Waals surface area (Å²) in [6.07, 6.45) is 2.91. The largest absolute Gasteiger partial charge is 0.376 e. The number of pyridine rings is 1. The van der Waals surface area contributed by atoms with E-state index >= 15 is 0 Å². The summed E-state index contributed by atoms with van der Waals surface area (Å²) in [5, 5.41) is 9.86. The first-order chi connectivity index (χ1) is 15.1. The summed E-state index contributed by atoms with van der Waals surface area (Å²) in [5.74, 6) is -0.0184. The molecule has 0 unspecified atom stereocenters. The third kappa shape index (κ3) is 4.07. The molecule has 2 saturated heterocycles. The minimum Gasteiger partial charge on any atom is -0.376 e. The monoisotopic (exact) mass is 444 g/mol. The van der Waals surface area contributed by atoms with E-state index in [1.807, 2.05) is 10.6 Å². The molecule has 31 heavy (non-hydrogen) atoms. The Morgan fingerprint density at radius 2 is 2.16 bits per heavy atom. The molecule has 0 aromatic carbocycles. The molecule has 164 valence electrons. The Bertz CT molecular complexity index is 1050. The number of fused-ring (bicyclic) bond motifs is 4. The Kier molecular flexibility index (Phi) is 5.45. The Hall–Kier alpha value is -2.79. The second-order valence-electron chi connectivity index (χ2n) is 8.33. The molecule has 3 amide bonds. The molecule has 3 atom stereocenters. The number of ether oxygens (including phenoxy) is 1. The molecule has 0 spiro atoms. The second kappa shape index (κ2) is 8.39. The van der Waals surface area contributed by atoms with E-state index in [1.165, 1.54) is 0 Å². The Morgan fingerprint density at radius 1 is 1.26 bits per heavy atom. The first-order valence-electron chi connectivity index (χ1n) is 10.6. The highest BCUT2D eigenvalue weighted by atomic mass is 32.1. The topological polar surface area (TPSA) is 118 Å². The number of carbonyl (C=O) groups excluding carboxylic acids is 2. The van der Waals surface area contributed by atoms with Crippen molar-refractivity contribution >= 4 is 28.5 Å². The van der Waals surface area contributed by atoms with Crippen LogP contribution in [-0.2, 0) is 11.3 Å². The lowest BCUT2D eigenvalue weighted by Crippen LogP contribution is -2.50. The number of anilines is 1. The van der Waals surface area contributed by atoms with Gasteiger partial charge in [0.15, 0.2) is 10.7 Å². The minimum atomic E-state index is -0.372. The number of nitrogens with zero attached hydrogens (tertiary/aromatic N) is 4. The highest BCUT2D eigenvalue weighted by Crippen LogP contribution is 2.35. The quantitative estimate of drug-likeness (QED) is 0.733. The molecule has 3 aliphatic rings. The molecule has 2 fully saturated rings. The van der Waals surface area contributed by atoms with Crippen molar-refractivity contribution in [2.24, 2.45) is 5.92 Å². The van der Waals surface area contributed by atoms with Crippen LogP contribution < -0.4 is 16.2 Å². The molecule has 10 nitrogen and oxygen atoms in total. The summed E-state index contributed by atoms with van der Waals surface area (Å²) in [4.78, 5) is 39.4. The van der Waals surface area contributed by atoms with Gasteiger partial charge in [-0.2, -0.15) is 0 Å². The summed E-state index contributed by atoms with van der Waals surface area (Å²) in [5.41, 5.74) is 1.11. The van der Waals surface area contributed by atoms with Crippen molar-refractivity contribution in [2.75, 3.05) is 31.6 Å². The van der Waals surface area contributed by atoms with Crippen molar-refractivity contribution in [2.45, 2.75) is 37.8 Å². The molecule has 0 aliphatic carbocycles. The van der Waals surface area contributed by atoms with Crippen LogP contribution in [0.5, 0.6) is 0 Å². The molecule has 2 aromatic heterocycles. The number of aromatic nitrogens is 3. The van der Waals surface area contributed by atoms with Gasteiger partial charge in [-0.3, -0.25) is 14.9 Å². The van der Waals surface area contributed by atoms with E-state index in [2.05, 4.69) is 20.2 Å². The third-order valence-electron chi connectivity index (χ3n) is 6.20. The molecule has 2 aromatic rings. The number of rotatable bonds is 4. The molecule has 5 rings (SSSR count). The lowest BCUT2D eigenvalue weighted by molar-refractivity contribution is 0.0854. The van der Waals surface area contributed by atoms with E-state index in [0.717, 1.165) is 43.1 Å². The van der Waals surface area contributed by atoms with Gasteiger partial charge < -0.3 is 19.5 Å². The van der Waals surface area contributed by atoms with Gasteiger partial charge in [-0.25, -0.2) is 4.79 Å². The van der Waals surface area contributed by atoms with Gasteiger partial charge in [0.25, 0.3) is 11.5 Å². The second-order valence-corrected chi connectivity index (χ2v) is 9.08. The Morgan fingerprint density at radius 3 is 3.00 bits per heavy atom. The van der Waals surface area contributed by atoms with E-state index in [9.17, 15) is 14.4 Å². The van der Waals surface area contributed by atoms with Crippen LogP contribution in [0.3, 0.4) is 0 Å². The van der Waals surface area contributed by atoms with Crippen molar-refractivity contribution in [1.29, 1.82) is 0 Å². The molecular weight excluding hydrogens is 420 g/mol. The maximum atomic E-state index is 13.0. The van der Waals surface area contributed by atoms with E-state index < -0.39 is 0 Å². The summed E-state index contributed by atoms with van der Waals surface area (Å²) >= 11 is 0.983. The number of nitrogens with one attached hydrogen (secondary N) is 2. The van der Waals surface area contributed by atoms with Crippen LogP contribution in [0.25, 0.3) is 0 Å². The fourth-order valence-electron chi connectivity index (χ4n) is 4.76. The number of likely N-dealkylation sites (tertiary alicyclic amines) is 1. The summed E-state index contributed by atoms with van der Waals surface area (Å²) in [6.45, 7) is 2.85. The third-order valence-corrected chi connectivity index (χ3v) is 6.85. The van der Waals surface area contributed by atoms with Crippen molar-refractivity contribution < 1.29 is 14.3 Å². The number of hydrogen-bond acceptors (Lipinski definition) is 7. The highest BCUT2D eigenvalue weighted by molar-refractivity contribution is 7.10. The summed E-state index contributed by atoms with van der Waals surface area (Å²) in [7, 11) is 0. The van der Waals surface area contributed by atoms with Crippen molar-refractivity contribution in [3.63, 3.8) is 0 Å². The average molecular weight is 445 g/mol. The van der Waals surface area contributed by atoms with Crippen LogP contribution in [0, 0.1) is 5.92 Å². The minimum absolute atomic E-state index is 0.0134. The predicted molar refractivity (Wildman–Crippen MR) is 113 cm³/mol. The molecule has 2 N–H and O–H groups in total. The first-order valence-corrected chi connectivity index (χ1v) is 11.3. The average Bonchev–Trinajstić information content (AvgIpc) is 3.45. The van der Waals surface area contributed by atoms with Crippen LogP contribution in [-0.4, -0.2) is 63.3 Å². The zero-order valence-electron chi connectivity index (χ0n) is 17.0. The predicted octanol–water partition coefficient (Wildman–Crippen LogP) is 1.26. The zero-order valence-corrected chi connectivity index (χ0v) is 17.8. The molecule has 0 saturated carbocycles. The van der Waals surface area contributed by atoms with Gasteiger partial charge in [0, 0.05) is 62.0 Å². The number of piperidine rings is 1. The van der Waals surface area contributed by atoms with Gasteiger partial charge in [0.2, 0.25) is 0 Å². The number of hydrogen-bond donors (Lipinski definition) is 2. The van der Waals surface area contributed by atoms with Crippen molar-refractivity contribution in [1.82, 2.24) is 24.4 Å². The van der Waals surface area contributed by atoms with Crippen LogP contribution in [0.4, 0.5) is 9.80 Å². The first kappa shape index (κ1) is 20.1. The Balaban J connectivity index is 1.24. The number of carbonyl (C=O) groups is 2. The van der Waals surface area contributed by atoms with E-state index in [-0.39, 0.29) is 41.1 Å². The molecule has 2 bridgehead atoms. The van der Waals surface area contributed by atoms with Crippen molar-refractivity contribution in [3.05, 3.63) is 39.9 Å². The summed E-state index contributed by atoms with van der Waals surface area (Å²) < 4.78 is 11.2. The fourth-order valence-corrected chi connectivity index (χ4v) is 5.31. The maximum absolute atomic E-state index is 13.0. The van der Waals surface area contributed by atoms with Crippen molar-refractivity contribution in [3.8, 4) is 0 Å². The van der Waals surface area contributed by atoms with Crippen LogP contribution in [0.15, 0.2) is 23.0 Å². The van der Waals surface area contributed by atoms with Crippen LogP contribution in [0.1, 0.15) is 41.4 Å². The van der Waals surface area contributed by atoms with Gasteiger partial charge in [-0.1, -0.05) is 10.6 Å². The molecule has 0 radical (unpaired) electrons.